The second kappa shape index (κ2) is 4.08. The number of thiazole rings is 1. The van der Waals surface area contributed by atoms with E-state index in [0.717, 1.165) is 23.7 Å². The van der Waals surface area contributed by atoms with Gasteiger partial charge in [0.1, 0.15) is 5.01 Å². The minimum absolute atomic E-state index is 0.377. The molecule has 84 valence electrons. The van der Waals surface area contributed by atoms with Crippen LogP contribution in [0.4, 0.5) is 0 Å². The van der Waals surface area contributed by atoms with E-state index >= 15 is 0 Å². The normalized spacial score (nSPS) is 25.3. The summed E-state index contributed by atoms with van der Waals surface area (Å²) in [5.41, 5.74) is 0.990. The molecule has 1 saturated heterocycles. The largest absolute Gasteiger partial charge is 0.379 e. The van der Waals surface area contributed by atoms with Crippen LogP contribution >= 0.6 is 11.3 Å². The number of hydrogen-bond donors (Lipinski definition) is 1. The molecule has 0 bridgehead atoms. The number of fused-ring (bicyclic) bond motifs is 1. The summed E-state index contributed by atoms with van der Waals surface area (Å²) in [5, 5.41) is 4.44. The number of nitrogens with zero attached hydrogens (tertiary/aromatic N) is 2. The van der Waals surface area contributed by atoms with Crippen LogP contribution in [0.1, 0.15) is 10.9 Å². The van der Waals surface area contributed by atoms with Crippen LogP contribution in [0.5, 0.6) is 0 Å². The van der Waals surface area contributed by atoms with E-state index in [0.29, 0.717) is 12.0 Å². The van der Waals surface area contributed by atoms with Crippen molar-refractivity contribution >= 4 is 21.6 Å². The molecule has 0 aliphatic carbocycles. The Kier molecular flexibility index (Phi) is 2.59. The van der Waals surface area contributed by atoms with E-state index in [2.05, 4.69) is 15.3 Å². The lowest BCUT2D eigenvalue weighted by Crippen LogP contribution is -2.30. The summed E-state index contributed by atoms with van der Waals surface area (Å²) < 4.78 is 6.70. The van der Waals surface area contributed by atoms with E-state index in [1.807, 2.05) is 25.5 Å². The van der Waals surface area contributed by atoms with Crippen LogP contribution in [-0.4, -0.2) is 36.3 Å². The number of rotatable bonds is 2. The van der Waals surface area contributed by atoms with Crippen molar-refractivity contribution < 1.29 is 4.74 Å². The maximum absolute atomic E-state index is 5.50. The van der Waals surface area contributed by atoms with Gasteiger partial charge in [-0.05, 0) is 13.1 Å². The number of nitrogens with one attached hydrogen (secondary N) is 1. The molecule has 0 saturated carbocycles. The molecule has 5 heteroatoms. The first-order chi connectivity index (χ1) is 7.88. The van der Waals surface area contributed by atoms with Crippen LogP contribution in [0.3, 0.4) is 0 Å². The first kappa shape index (κ1) is 10.1. The zero-order valence-electron chi connectivity index (χ0n) is 9.01. The fourth-order valence-corrected chi connectivity index (χ4v) is 3.12. The van der Waals surface area contributed by atoms with E-state index in [1.54, 1.807) is 11.3 Å². The highest BCUT2D eigenvalue weighted by atomic mass is 32.1. The summed E-state index contributed by atoms with van der Waals surface area (Å²) in [6.07, 6.45) is 3.63. The Hall–Kier alpha value is -1.04. The van der Waals surface area contributed by atoms with Crippen LogP contribution < -0.4 is 5.32 Å². The number of aromatic nitrogens is 2. The van der Waals surface area contributed by atoms with Gasteiger partial charge in [0.2, 0.25) is 0 Å². The van der Waals surface area contributed by atoms with E-state index in [4.69, 9.17) is 4.74 Å². The molecule has 1 N–H and O–H groups in total. The molecular formula is C11H13N3OS. The lowest BCUT2D eigenvalue weighted by molar-refractivity contribution is 0.188. The second-order valence-electron chi connectivity index (χ2n) is 3.93. The molecule has 2 atom stereocenters. The molecule has 4 nitrogen and oxygen atoms in total. The Balaban J connectivity index is 1.99. The van der Waals surface area contributed by atoms with Crippen LogP contribution in [-0.2, 0) is 4.74 Å². The molecule has 16 heavy (non-hydrogen) atoms. The molecule has 0 radical (unpaired) electrons. The minimum Gasteiger partial charge on any atom is -0.379 e. The standard InChI is InChI=1S/C11H13N3OS/c1-12-9-6-15-5-7(9)11-14-8-4-13-3-2-10(8)16-11/h2-4,7,9,12H,5-6H2,1H3. The maximum Gasteiger partial charge on any atom is 0.101 e. The molecule has 2 aromatic heterocycles. The molecule has 1 fully saturated rings. The van der Waals surface area contributed by atoms with Gasteiger partial charge < -0.3 is 10.1 Å². The number of ether oxygens (including phenoxy) is 1. The molecule has 3 heterocycles. The highest BCUT2D eigenvalue weighted by molar-refractivity contribution is 7.18. The first-order valence-corrected chi connectivity index (χ1v) is 6.15. The third-order valence-corrected chi connectivity index (χ3v) is 4.14. The van der Waals surface area contributed by atoms with Crippen LogP contribution in [0, 0.1) is 0 Å². The van der Waals surface area contributed by atoms with E-state index in [9.17, 15) is 0 Å². The van der Waals surface area contributed by atoms with Crippen molar-refractivity contribution in [3.63, 3.8) is 0 Å². The van der Waals surface area contributed by atoms with E-state index < -0.39 is 0 Å². The molecular weight excluding hydrogens is 222 g/mol. The van der Waals surface area contributed by atoms with Crippen molar-refractivity contribution in [2.45, 2.75) is 12.0 Å². The van der Waals surface area contributed by atoms with E-state index in [-0.39, 0.29) is 0 Å². The van der Waals surface area contributed by atoms with Gasteiger partial charge in [-0.2, -0.15) is 0 Å². The lowest BCUT2D eigenvalue weighted by atomic mass is 10.1. The zero-order chi connectivity index (χ0) is 11.0. The predicted octanol–water partition coefficient (Wildman–Crippen LogP) is 1.39. The molecule has 2 unspecified atom stereocenters. The molecule has 0 spiro atoms. The Morgan fingerprint density at radius 1 is 1.50 bits per heavy atom. The SMILES string of the molecule is CNC1COCC1c1nc2cnccc2s1. The summed E-state index contributed by atoms with van der Waals surface area (Å²) in [6, 6.07) is 2.40. The lowest BCUT2D eigenvalue weighted by Gasteiger charge is -2.13. The highest BCUT2D eigenvalue weighted by Gasteiger charge is 2.30. The van der Waals surface area contributed by atoms with Gasteiger partial charge in [0, 0.05) is 12.2 Å². The fourth-order valence-electron chi connectivity index (χ4n) is 2.04. The van der Waals surface area contributed by atoms with Gasteiger partial charge in [0.25, 0.3) is 0 Å². The minimum atomic E-state index is 0.377. The Morgan fingerprint density at radius 3 is 3.25 bits per heavy atom. The van der Waals surface area contributed by atoms with Crippen LogP contribution in [0.25, 0.3) is 10.2 Å². The summed E-state index contributed by atoms with van der Waals surface area (Å²) >= 11 is 1.74. The molecule has 0 aromatic carbocycles. The molecule has 2 aromatic rings. The summed E-state index contributed by atoms with van der Waals surface area (Å²) in [7, 11) is 1.97. The molecule has 1 aliphatic rings. The molecule has 3 rings (SSSR count). The molecule has 0 amide bonds. The van der Waals surface area contributed by atoms with Gasteiger partial charge in [0.05, 0.1) is 35.5 Å². The quantitative estimate of drug-likeness (QED) is 0.854. The monoisotopic (exact) mass is 235 g/mol. The van der Waals surface area contributed by atoms with Gasteiger partial charge in [-0.3, -0.25) is 4.98 Å². The number of hydrogen-bond acceptors (Lipinski definition) is 5. The maximum atomic E-state index is 5.50. The van der Waals surface area contributed by atoms with Gasteiger partial charge >= 0.3 is 0 Å². The van der Waals surface area contributed by atoms with Crippen molar-refractivity contribution in [2.24, 2.45) is 0 Å². The van der Waals surface area contributed by atoms with E-state index in [1.165, 1.54) is 4.70 Å². The Bertz CT molecular complexity index is 466. The van der Waals surface area contributed by atoms with Gasteiger partial charge in [0.15, 0.2) is 0 Å². The number of likely N-dealkylation sites (N-methyl/N-ethyl adjacent to an activating group) is 1. The van der Waals surface area contributed by atoms with Crippen molar-refractivity contribution in [3.8, 4) is 0 Å². The predicted molar refractivity (Wildman–Crippen MR) is 63.8 cm³/mol. The third-order valence-electron chi connectivity index (χ3n) is 2.97. The van der Waals surface area contributed by atoms with Crippen molar-refractivity contribution in [3.05, 3.63) is 23.5 Å². The topological polar surface area (TPSA) is 47.0 Å². The second-order valence-corrected chi connectivity index (χ2v) is 5.00. The van der Waals surface area contributed by atoms with Gasteiger partial charge in [-0.15, -0.1) is 11.3 Å². The molecule has 1 aliphatic heterocycles. The average molecular weight is 235 g/mol. The third kappa shape index (κ3) is 1.61. The number of pyridine rings is 1. The summed E-state index contributed by atoms with van der Waals surface area (Å²) in [5.74, 6) is 0.377. The average Bonchev–Trinajstić information content (AvgIpc) is 2.94. The van der Waals surface area contributed by atoms with Crippen molar-refractivity contribution in [1.82, 2.24) is 15.3 Å². The zero-order valence-corrected chi connectivity index (χ0v) is 9.83. The van der Waals surface area contributed by atoms with Crippen LogP contribution in [0.2, 0.25) is 0 Å². The summed E-state index contributed by atoms with van der Waals surface area (Å²) in [4.78, 5) is 8.72. The first-order valence-electron chi connectivity index (χ1n) is 5.34. The Labute approximate surface area is 97.7 Å². The smallest absolute Gasteiger partial charge is 0.101 e. The Morgan fingerprint density at radius 2 is 2.44 bits per heavy atom. The van der Waals surface area contributed by atoms with Crippen LogP contribution in [0.15, 0.2) is 18.5 Å². The van der Waals surface area contributed by atoms with Gasteiger partial charge in [-0.25, -0.2) is 4.98 Å². The van der Waals surface area contributed by atoms with Gasteiger partial charge in [-0.1, -0.05) is 0 Å². The van der Waals surface area contributed by atoms with Crippen molar-refractivity contribution in [2.75, 3.05) is 20.3 Å². The summed E-state index contributed by atoms with van der Waals surface area (Å²) in [6.45, 7) is 1.54. The highest BCUT2D eigenvalue weighted by Crippen LogP contribution is 2.31. The fraction of sp³-hybridized carbons (Fsp3) is 0.455. The van der Waals surface area contributed by atoms with Crippen molar-refractivity contribution in [1.29, 1.82) is 0 Å².